The number of rotatable bonds is 8. The van der Waals surface area contributed by atoms with Crippen LogP contribution in [-0.2, 0) is 14.8 Å². The van der Waals surface area contributed by atoms with Crippen molar-refractivity contribution in [2.75, 3.05) is 25.5 Å². The van der Waals surface area contributed by atoms with E-state index in [-0.39, 0.29) is 10.6 Å². The second-order valence-corrected chi connectivity index (χ2v) is 9.61. The van der Waals surface area contributed by atoms with Crippen LogP contribution in [0.4, 0.5) is 5.69 Å². The maximum absolute atomic E-state index is 13.0. The number of para-hydroxylation sites is 1. The van der Waals surface area contributed by atoms with Crippen LogP contribution in [0.3, 0.4) is 0 Å². The van der Waals surface area contributed by atoms with Crippen LogP contribution in [0.5, 0.6) is 11.5 Å². The molecule has 1 amide bonds. The first-order valence-electron chi connectivity index (χ1n) is 10.3. The highest BCUT2D eigenvalue weighted by Gasteiger charge is 2.28. The molecule has 9 heteroatoms. The zero-order valence-corrected chi connectivity index (χ0v) is 19.2. The minimum absolute atomic E-state index is 0.116. The number of ether oxygens (including phenoxy) is 2. The summed E-state index contributed by atoms with van der Waals surface area (Å²) in [6.45, 7) is 2.81. The van der Waals surface area contributed by atoms with Crippen molar-refractivity contribution in [3.8, 4) is 11.5 Å². The van der Waals surface area contributed by atoms with Gasteiger partial charge in [-0.3, -0.25) is 4.79 Å². The Labute approximate surface area is 188 Å². The van der Waals surface area contributed by atoms with Crippen molar-refractivity contribution >= 4 is 33.2 Å². The number of nitrogens with one attached hydrogen (secondary N) is 1. The van der Waals surface area contributed by atoms with Crippen molar-refractivity contribution in [3.05, 3.63) is 47.5 Å². The third-order valence-electron chi connectivity index (χ3n) is 5.15. The molecule has 7 nitrogen and oxygen atoms in total. The quantitative estimate of drug-likeness (QED) is 0.626. The fourth-order valence-corrected chi connectivity index (χ4v) is 5.15. The Hall–Kier alpha value is -2.29. The van der Waals surface area contributed by atoms with Crippen molar-refractivity contribution in [1.29, 1.82) is 0 Å². The highest BCUT2D eigenvalue weighted by Crippen LogP contribution is 2.31. The molecule has 1 atom stereocenters. The lowest BCUT2D eigenvalue weighted by atomic mass is 10.2. The summed E-state index contributed by atoms with van der Waals surface area (Å²) < 4.78 is 38.6. The summed E-state index contributed by atoms with van der Waals surface area (Å²) in [6.07, 6.45) is 2.30. The molecule has 2 aromatic carbocycles. The molecule has 0 saturated carbocycles. The molecule has 2 aromatic rings. The summed E-state index contributed by atoms with van der Waals surface area (Å²) in [6, 6.07) is 11.4. The lowest BCUT2D eigenvalue weighted by Gasteiger charge is -2.26. The number of amides is 1. The maximum Gasteiger partial charge on any atom is 0.265 e. The fourth-order valence-electron chi connectivity index (χ4n) is 3.43. The van der Waals surface area contributed by atoms with Crippen LogP contribution in [-0.4, -0.2) is 44.9 Å². The molecule has 168 valence electrons. The molecule has 1 unspecified atom stereocenters. The van der Waals surface area contributed by atoms with E-state index in [9.17, 15) is 13.2 Å². The second kappa shape index (κ2) is 10.3. The Morgan fingerprint density at radius 1 is 1.13 bits per heavy atom. The summed E-state index contributed by atoms with van der Waals surface area (Å²) in [4.78, 5) is 13.0. The normalized spacial score (nSPS) is 15.8. The molecule has 1 N–H and O–H groups in total. The molecule has 3 rings (SSSR count). The minimum atomic E-state index is -3.65. The maximum atomic E-state index is 13.0. The van der Waals surface area contributed by atoms with Gasteiger partial charge in [-0.15, -0.1) is 0 Å². The Morgan fingerprint density at radius 3 is 2.48 bits per heavy atom. The van der Waals surface area contributed by atoms with E-state index in [1.165, 1.54) is 23.5 Å². The van der Waals surface area contributed by atoms with Crippen molar-refractivity contribution in [3.63, 3.8) is 0 Å². The van der Waals surface area contributed by atoms with E-state index in [2.05, 4.69) is 5.32 Å². The van der Waals surface area contributed by atoms with Gasteiger partial charge in [-0.25, -0.2) is 8.42 Å². The number of methoxy groups -OCH3 is 1. The van der Waals surface area contributed by atoms with E-state index in [1.54, 1.807) is 30.3 Å². The van der Waals surface area contributed by atoms with Gasteiger partial charge in [0.15, 0.2) is 6.10 Å². The van der Waals surface area contributed by atoms with Crippen LogP contribution >= 0.6 is 11.6 Å². The lowest BCUT2D eigenvalue weighted by Crippen LogP contribution is -2.35. The van der Waals surface area contributed by atoms with Crippen molar-refractivity contribution < 1.29 is 22.7 Å². The third-order valence-corrected chi connectivity index (χ3v) is 7.36. The zero-order chi connectivity index (χ0) is 22.4. The summed E-state index contributed by atoms with van der Waals surface area (Å²) in [5.41, 5.74) is 0.270. The van der Waals surface area contributed by atoms with E-state index < -0.39 is 22.0 Å². The molecule has 0 spiro atoms. The first-order valence-corrected chi connectivity index (χ1v) is 12.1. The summed E-state index contributed by atoms with van der Waals surface area (Å²) >= 11 is 6.13. The topological polar surface area (TPSA) is 84.9 Å². The Balaban J connectivity index is 1.83. The molecule has 1 aliphatic rings. The molecule has 1 heterocycles. The number of halogens is 1. The number of piperidine rings is 1. The lowest BCUT2D eigenvalue weighted by molar-refractivity contribution is -0.122. The molecule has 0 bridgehead atoms. The Bertz CT molecular complexity index is 1020. The van der Waals surface area contributed by atoms with Gasteiger partial charge in [-0.05, 0) is 49.6 Å². The molecular weight excluding hydrogens is 440 g/mol. The predicted molar refractivity (Wildman–Crippen MR) is 120 cm³/mol. The van der Waals surface area contributed by atoms with Crippen molar-refractivity contribution in [1.82, 2.24) is 4.31 Å². The van der Waals surface area contributed by atoms with Crippen molar-refractivity contribution in [2.24, 2.45) is 0 Å². The first-order chi connectivity index (χ1) is 14.9. The molecule has 0 aromatic heterocycles. The SMILES string of the molecule is CCC(Oc1ccccc1Cl)C(=O)Nc1cc(S(=O)(=O)N2CCCCC2)ccc1OC. The summed E-state index contributed by atoms with van der Waals surface area (Å²) in [5, 5.41) is 3.16. The van der Waals surface area contributed by atoms with Gasteiger partial charge in [-0.2, -0.15) is 4.31 Å². The number of hydrogen-bond donors (Lipinski definition) is 1. The van der Waals surface area contributed by atoms with E-state index in [4.69, 9.17) is 21.1 Å². The summed E-state index contributed by atoms with van der Waals surface area (Å²) in [7, 11) is -2.19. The summed E-state index contributed by atoms with van der Waals surface area (Å²) in [5.74, 6) is 0.339. The largest absolute Gasteiger partial charge is 0.495 e. The number of nitrogens with zero attached hydrogens (tertiary/aromatic N) is 1. The Kier molecular flexibility index (Phi) is 7.80. The molecule has 1 saturated heterocycles. The van der Waals surface area contributed by atoms with Crippen LogP contribution in [0, 0.1) is 0 Å². The van der Waals surface area contributed by atoms with Crippen molar-refractivity contribution in [2.45, 2.75) is 43.6 Å². The average molecular weight is 467 g/mol. The molecule has 31 heavy (non-hydrogen) atoms. The second-order valence-electron chi connectivity index (χ2n) is 7.26. The highest BCUT2D eigenvalue weighted by atomic mass is 35.5. The van der Waals surface area contributed by atoms with E-state index in [0.29, 0.717) is 36.0 Å². The van der Waals surface area contributed by atoms with Crippen LogP contribution in [0.2, 0.25) is 5.02 Å². The zero-order valence-electron chi connectivity index (χ0n) is 17.6. The van der Waals surface area contributed by atoms with Crippen LogP contribution in [0.25, 0.3) is 0 Å². The van der Waals surface area contributed by atoms with Gasteiger partial charge in [0.2, 0.25) is 10.0 Å². The average Bonchev–Trinajstić information content (AvgIpc) is 2.79. The molecule has 1 aliphatic heterocycles. The minimum Gasteiger partial charge on any atom is -0.495 e. The number of sulfonamides is 1. The van der Waals surface area contributed by atoms with Gasteiger partial charge in [0.1, 0.15) is 11.5 Å². The molecule has 0 radical (unpaired) electrons. The van der Waals surface area contributed by atoms with E-state index in [0.717, 1.165) is 19.3 Å². The number of anilines is 1. The van der Waals surface area contributed by atoms with Crippen LogP contribution in [0.15, 0.2) is 47.4 Å². The Morgan fingerprint density at radius 2 is 1.84 bits per heavy atom. The third kappa shape index (κ3) is 5.50. The predicted octanol–water partition coefficient (Wildman–Crippen LogP) is 4.32. The number of carbonyl (C=O) groups excluding carboxylic acids is 1. The molecule has 1 fully saturated rings. The van der Waals surface area contributed by atoms with Gasteiger partial charge >= 0.3 is 0 Å². The number of benzene rings is 2. The monoisotopic (exact) mass is 466 g/mol. The van der Waals surface area contributed by atoms with Gasteiger partial charge in [0.25, 0.3) is 5.91 Å². The van der Waals surface area contributed by atoms with Gasteiger partial charge in [-0.1, -0.05) is 37.1 Å². The van der Waals surface area contributed by atoms with Gasteiger partial charge in [0.05, 0.1) is 22.7 Å². The fraction of sp³-hybridized carbons (Fsp3) is 0.409. The van der Waals surface area contributed by atoms with Gasteiger partial charge < -0.3 is 14.8 Å². The van der Waals surface area contributed by atoms with Crippen LogP contribution in [0.1, 0.15) is 32.6 Å². The standard InChI is InChI=1S/C22H27ClN2O5S/c1-3-19(30-20-10-6-5-9-17(20)23)22(26)24-18-15-16(11-12-21(18)29-2)31(27,28)25-13-7-4-8-14-25/h5-6,9-12,15,19H,3-4,7-8,13-14H2,1-2H3,(H,24,26). The van der Waals surface area contributed by atoms with E-state index in [1.807, 2.05) is 6.92 Å². The molecule has 0 aliphatic carbocycles. The van der Waals surface area contributed by atoms with Crippen LogP contribution < -0.4 is 14.8 Å². The highest BCUT2D eigenvalue weighted by molar-refractivity contribution is 7.89. The number of carbonyl (C=O) groups is 1. The molecular formula is C22H27ClN2O5S. The number of hydrogen-bond acceptors (Lipinski definition) is 5. The smallest absolute Gasteiger partial charge is 0.265 e. The van der Waals surface area contributed by atoms with E-state index >= 15 is 0 Å². The van der Waals surface area contributed by atoms with Gasteiger partial charge in [0, 0.05) is 13.1 Å². The first kappa shape index (κ1) is 23.4.